The largest absolute Gasteiger partial charge is 0.397 e. The summed E-state index contributed by atoms with van der Waals surface area (Å²) in [5.74, 6) is -1.33. The first-order chi connectivity index (χ1) is 26.5. The fourth-order valence-electron chi connectivity index (χ4n) is 7.57. The quantitative estimate of drug-likeness (QED) is 0.0266. The van der Waals surface area contributed by atoms with Crippen LogP contribution in [0.4, 0.5) is 17.1 Å². The van der Waals surface area contributed by atoms with Crippen molar-refractivity contribution in [2.45, 2.75) is 141 Å². The highest BCUT2D eigenvalue weighted by atomic mass is 32.2. The highest BCUT2D eigenvalue weighted by Gasteiger charge is 2.37. The Bertz CT molecular complexity index is 2090. The van der Waals surface area contributed by atoms with Gasteiger partial charge in [0.2, 0.25) is 11.8 Å². The summed E-state index contributed by atoms with van der Waals surface area (Å²) in [4.78, 5) is 53.4. The van der Waals surface area contributed by atoms with E-state index in [1.54, 1.807) is 12.1 Å². The Kier molecular flexibility index (Phi) is 14.9. The van der Waals surface area contributed by atoms with Crippen molar-refractivity contribution in [3.05, 3.63) is 80.4 Å². The van der Waals surface area contributed by atoms with Gasteiger partial charge in [-0.2, -0.15) is 8.42 Å². The molecule has 2 amide bonds. The average Bonchev–Trinajstić information content (AvgIpc) is 3.10. The highest BCUT2D eigenvalue weighted by Crippen LogP contribution is 2.42. The number of anilines is 3. The molecule has 14 heteroatoms. The Balaban J connectivity index is 1.72. The topological polar surface area (TPSA) is 185 Å². The van der Waals surface area contributed by atoms with E-state index in [1.165, 1.54) is 24.2 Å². The Morgan fingerprint density at radius 1 is 0.684 bits per heavy atom. The van der Waals surface area contributed by atoms with Crippen LogP contribution in [0.3, 0.4) is 0 Å². The summed E-state index contributed by atoms with van der Waals surface area (Å²) in [7, 11) is -7.22. The maximum atomic E-state index is 14.1. The third-order valence-electron chi connectivity index (χ3n) is 10.9. The van der Waals surface area contributed by atoms with Crippen molar-refractivity contribution in [3.8, 4) is 0 Å². The Hall–Kier alpha value is -4.12. The average molecular weight is 835 g/mol. The lowest BCUT2D eigenvalue weighted by Crippen LogP contribution is -2.27. The van der Waals surface area contributed by atoms with Gasteiger partial charge in [-0.05, 0) is 67.5 Å². The van der Waals surface area contributed by atoms with Gasteiger partial charge in [0.25, 0.3) is 10.1 Å². The zero-order valence-electron chi connectivity index (χ0n) is 35.3. The van der Waals surface area contributed by atoms with Crippen LogP contribution in [-0.4, -0.2) is 52.5 Å². The fraction of sp³-hybridized carbons (Fsp3) is 0.488. The minimum atomic E-state index is -4.94. The van der Waals surface area contributed by atoms with Crippen LogP contribution < -0.4 is 21.7 Å². The van der Waals surface area contributed by atoms with E-state index in [0.29, 0.717) is 29.7 Å². The number of fused-ring (bicyclic) bond motifs is 2. The van der Waals surface area contributed by atoms with Gasteiger partial charge < -0.3 is 21.7 Å². The Morgan fingerprint density at radius 2 is 1.12 bits per heavy atom. The normalized spacial score (nSPS) is 12.9. The molecule has 0 fully saturated rings. The number of nitrogen functional groups attached to an aromatic ring is 1. The molecule has 0 aromatic heterocycles. The van der Waals surface area contributed by atoms with Crippen molar-refractivity contribution in [2.24, 2.45) is 0 Å². The van der Waals surface area contributed by atoms with Crippen molar-refractivity contribution >= 4 is 66.7 Å². The van der Waals surface area contributed by atoms with Crippen molar-refractivity contribution in [2.75, 3.05) is 11.1 Å². The SMILES string of the molecule is Cc1c(CNC(=O)CCCCC[Si](C)(C)C)c(C)c(Nc2cc(S(=O)(=O)O)c(N)c3c2C(=O)c2ccccc2C3=O)c(C)c1CNC(=O)CCCCC[Si](C)(C)C. The van der Waals surface area contributed by atoms with Gasteiger partial charge in [-0.25, -0.2) is 0 Å². The molecule has 310 valence electrons. The molecule has 0 unspecified atom stereocenters. The molecule has 0 saturated carbocycles. The maximum Gasteiger partial charge on any atom is 0.296 e. The first kappa shape index (κ1) is 45.6. The van der Waals surface area contributed by atoms with Crippen LogP contribution in [0.5, 0.6) is 0 Å². The molecule has 1 aliphatic rings. The van der Waals surface area contributed by atoms with E-state index in [0.717, 1.165) is 61.3 Å². The number of nitrogens with two attached hydrogens (primary N) is 1. The van der Waals surface area contributed by atoms with Gasteiger partial charge in [0.1, 0.15) is 4.90 Å². The minimum absolute atomic E-state index is 0.0312. The van der Waals surface area contributed by atoms with Gasteiger partial charge in [-0.15, -0.1) is 0 Å². The van der Waals surface area contributed by atoms with E-state index in [1.807, 2.05) is 20.8 Å². The molecule has 0 radical (unpaired) electrons. The Morgan fingerprint density at radius 3 is 1.54 bits per heavy atom. The van der Waals surface area contributed by atoms with Crippen LogP contribution in [0.25, 0.3) is 0 Å². The van der Waals surface area contributed by atoms with Crippen molar-refractivity contribution in [3.63, 3.8) is 0 Å². The molecule has 1 aliphatic carbocycles. The van der Waals surface area contributed by atoms with E-state index >= 15 is 0 Å². The number of amides is 2. The van der Waals surface area contributed by atoms with Crippen molar-refractivity contribution in [1.82, 2.24) is 10.6 Å². The summed E-state index contributed by atoms with van der Waals surface area (Å²) in [5, 5.41) is 9.43. The van der Waals surface area contributed by atoms with E-state index < -0.39 is 48.4 Å². The third-order valence-corrected chi connectivity index (χ3v) is 15.5. The molecule has 0 saturated heterocycles. The van der Waals surface area contributed by atoms with Crippen LogP contribution in [0.1, 0.15) is 111 Å². The predicted molar refractivity (Wildman–Crippen MR) is 235 cm³/mol. The number of hydrogen-bond donors (Lipinski definition) is 5. The zero-order valence-corrected chi connectivity index (χ0v) is 38.1. The second-order valence-electron chi connectivity index (χ2n) is 17.9. The lowest BCUT2D eigenvalue weighted by Gasteiger charge is -2.27. The molecular weight excluding hydrogens is 773 g/mol. The van der Waals surface area contributed by atoms with Gasteiger partial charge in [0.05, 0.1) is 22.5 Å². The summed E-state index contributed by atoms with van der Waals surface area (Å²) in [6.07, 6.45) is 6.56. The van der Waals surface area contributed by atoms with Gasteiger partial charge in [0, 0.05) is 58.9 Å². The van der Waals surface area contributed by atoms with Crippen molar-refractivity contribution in [1.29, 1.82) is 0 Å². The van der Waals surface area contributed by atoms with E-state index in [-0.39, 0.29) is 52.8 Å². The molecule has 57 heavy (non-hydrogen) atoms. The molecule has 0 atom stereocenters. The number of carbonyl (C=O) groups excluding carboxylic acids is 4. The van der Waals surface area contributed by atoms with Gasteiger partial charge in [-0.1, -0.05) is 101 Å². The number of unbranched alkanes of at least 4 members (excludes halogenated alkanes) is 4. The third kappa shape index (κ3) is 11.7. The van der Waals surface area contributed by atoms with Crippen LogP contribution in [-0.2, 0) is 32.8 Å². The summed E-state index contributed by atoms with van der Waals surface area (Å²) in [6, 6.07) is 9.75. The number of hydrogen-bond acceptors (Lipinski definition) is 8. The molecule has 11 nitrogen and oxygen atoms in total. The first-order valence-corrected chi connectivity index (χ1v) is 28.9. The van der Waals surface area contributed by atoms with Crippen LogP contribution in [0.2, 0.25) is 51.4 Å². The maximum absolute atomic E-state index is 14.1. The number of ketones is 2. The number of rotatable bonds is 19. The summed E-state index contributed by atoms with van der Waals surface area (Å²) in [6.45, 7) is 20.1. The van der Waals surface area contributed by atoms with Crippen molar-refractivity contribution < 1.29 is 32.1 Å². The van der Waals surface area contributed by atoms with Gasteiger partial charge in [-0.3, -0.25) is 23.7 Å². The molecule has 6 N–H and O–H groups in total. The van der Waals surface area contributed by atoms with E-state index in [2.05, 4.69) is 55.2 Å². The molecule has 0 bridgehead atoms. The van der Waals surface area contributed by atoms with Gasteiger partial charge in [0.15, 0.2) is 11.6 Å². The summed E-state index contributed by atoms with van der Waals surface area (Å²) < 4.78 is 35.5. The van der Waals surface area contributed by atoms with E-state index in [4.69, 9.17) is 5.73 Å². The molecule has 3 aromatic rings. The molecule has 4 rings (SSSR count). The lowest BCUT2D eigenvalue weighted by atomic mass is 9.82. The lowest BCUT2D eigenvalue weighted by molar-refractivity contribution is -0.122. The second kappa shape index (κ2) is 18.6. The van der Waals surface area contributed by atoms with Crippen LogP contribution in [0, 0.1) is 20.8 Å². The Labute approximate surface area is 341 Å². The highest BCUT2D eigenvalue weighted by molar-refractivity contribution is 7.86. The molecule has 0 aliphatic heterocycles. The second-order valence-corrected chi connectivity index (χ2v) is 30.5. The zero-order chi connectivity index (χ0) is 42.5. The minimum Gasteiger partial charge on any atom is -0.397 e. The molecule has 0 heterocycles. The first-order valence-electron chi connectivity index (χ1n) is 20.1. The smallest absolute Gasteiger partial charge is 0.296 e. The van der Waals surface area contributed by atoms with E-state index in [9.17, 15) is 32.1 Å². The standard InChI is InChI=1S/C43H62N4O7SSi2/c1-27-32(25-45-36(48)20-12-10-16-22-56(4,5)6)28(2)41(29(3)33(27)26-46-37(49)21-13-11-17-23-57(7,8)9)47-34-24-35(55(52,53)54)40(44)39-38(34)42(50)30-18-14-15-19-31(30)43(39)51/h14-15,18-19,24,47H,10-13,16-17,20-23,25-26,44H2,1-9H3,(H,45,48)(H,46,49)(H,52,53,54). The monoisotopic (exact) mass is 834 g/mol. The van der Waals surface area contributed by atoms with Gasteiger partial charge >= 0.3 is 0 Å². The molecule has 3 aromatic carbocycles. The molecule has 0 spiro atoms. The number of benzene rings is 3. The molecular formula is C43H62N4O7SSi2. The van der Waals surface area contributed by atoms with Crippen LogP contribution >= 0.6 is 0 Å². The summed E-state index contributed by atoms with van der Waals surface area (Å²) in [5.41, 5.74) is 9.87. The van der Waals surface area contributed by atoms with Crippen LogP contribution in [0.15, 0.2) is 35.2 Å². The fourth-order valence-corrected chi connectivity index (χ4v) is 10.8. The number of nitrogens with one attached hydrogen (secondary N) is 3. The predicted octanol–water partition coefficient (Wildman–Crippen LogP) is 8.99. The summed E-state index contributed by atoms with van der Waals surface area (Å²) >= 11 is 0. The number of carbonyl (C=O) groups is 4.